The molecule has 3 rings (SSSR count). The van der Waals surface area contributed by atoms with Crippen molar-refractivity contribution in [3.05, 3.63) is 58.6 Å². The third-order valence-electron chi connectivity index (χ3n) is 3.45. The molecule has 0 nitrogen and oxygen atoms in total. The summed E-state index contributed by atoms with van der Waals surface area (Å²) in [6.45, 7) is 4.48. The summed E-state index contributed by atoms with van der Waals surface area (Å²) in [5.41, 5.74) is 5.17. The average molecular weight is 228 g/mol. The van der Waals surface area contributed by atoms with Gasteiger partial charge in [-0.15, -0.1) is 0 Å². The van der Waals surface area contributed by atoms with E-state index >= 15 is 0 Å². The van der Waals surface area contributed by atoms with Crippen molar-refractivity contribution in [2.24, 2.45) is 0 Å². The molecule has 0 aromatic heterocycles. The van der Waals surface area contributed by atoms with E-state index in [2.05, 4.69) is 38.1 Å². The standard InChI is InChI=1S/C15H12Cl/c1-15(2)13-6-4-3-5-11(13)12-8-7-10(16)9-14(12)15/h3-4,6-9H,1-2H3. The van der Waals surface area contributed by atoms with Gasteiger partial charge in [-0.1, -0.05) is 49.7 Å². The van der Waals surface area contributed by atoms with E-state index in [1.165, 1.54) is 22.3 Å². The molecule has 0 spiro atoms. The first-order valence-electron chi connectivity index (χ1n) is 5.42. The van der Waals surface area contributed by atoms with E-state index in [0.29, 0.717) is 0 Å². The van der Waals surface area contributed by atoms with Gasteiger partial charge in [-0.3, -0.25) is 0 Å². The molecule has 1 aliphatic carbocycles. The summed E-state index contributed by atoms with van der Waals surface area (Å²) in [6.07, 6.45) is 0. The van der Waals surface area contributed by atoms with Gasteiger partial charge in [0.15, 0.2) is 0 Å². The van der Waals surface area contributed by atoms with Crippen molar-refractivity contribution in [1.82, 2.24) is 0 Å². The zero-order valence-corrected chi connectivity index (χ0v) is 10.1. The highest BCUT2D eigenvalue weighted by atomic mass is 35.5. The molecule has 16 heavy (non-hydrogen) atoms. The maximum absolute atomic E-state index is 6.08. The minimum atomic E-state index is 0.0350. The number of benzene rings is 2. The second-order valence-corrected chi connectivity index (χ2v) is 5.21. The van der Waals surface area contributed by atoms with Gasteiger partial charge in [0, 0.05) is 10.4 Å². The fourth-order valence-corrected chi connectivity index (χ4v) is 2.75. The van der Waals surface area contributed by atoms with Gasteiger partial charge in [0.25, 0.3) is 0 Å². The van der Waals surface area contributed by atoms with Crippen LogP contribution in [0.15, 0.2) is 36.4 Å². The van der Waals surface area contributed by atoms with Gasteiger partial charge < -0.3 is 0 Å². The SMILES string of the molecule is CC1(C)c2ccc[c]c2-c2ccc(Cl)cc21. The van der Waals surface area contributed by atoms with Gasteiger partial charge >= 0.3 is 0 Å². The lowest BCUT2D eigenvalue weighted by atomic mass is 9.82. The molecule has 0 saturated heterocycles. The quantitative estimate of drug-likeness (QED) is 0.624. The van der Waals surface area contributed by atoms with E-state index in [-0.39, 0.29) is 5.41 Å². The van der Waals surface area contributed by atoms with E-state index in [9.17, 15) is 0 Å². The lowest BCUT2D eigenvalue weighted by molar-refractivity contribution is 0.660. The highest BCUT2D eigenvalue weighted by Crippen LogP contribution is 2.48. The third kappa shape index (κ3) is 1.17. The Morgan fingerprint density at radius 1 is 1.12 bits per heavy atom. The summed E-state index contributed by atoms with van der Waals surface area (Å²) in [6, 6.07) is 15.7. The lowest BCUT2D eigenvalue weighted by Gasteiger charge is -2.21. The molecule has 0 fully saturated rings. The molecular formula is C15H12Cl. The van der Waals surface area contributed by atoms with Crippen LogP contribution in [0.2, 0.25) is 5.02 Å². The summed E-state index contributed by atoms with van der Waals surface area (Å²) < 4.78 is 0. The Morgan fingerprint density at radius 3 is 2.75 bits per heavy atom. The van der Waals surface area contributed by atoms with Gasteiger partial charge in [0.1, 0.15) is 0 Å². The van der Waals surface area contributed by atoms with Crippen LogP contribution in [-0.4, -0.2) is 0 Å². The van der Waals surface area contributed by atoms with Crippen molar-refractivity contribution in [3.8, 4) is 11.1 Å². The smallest absolute Gasteiger partial charge is 0.0409 e. The van der Waals surface area contributed by atoms with Crippen LogP contribution in [0.4, 0.5) is 0 Å². The Morgan fingerprint density at radius 2 is 1.94 bits per heavy atom. The Balaban J connectivity index is 2.39. The predicted molar refractivity (Wildman–Crippen MR) is 67.9 cm³/mol. The maximum Gasteiger partial charge on any atom is 0.0409 e. The number of hydrogen-bond acceptors (Lipinski definition) is 0. The maximum atomic E-state index is 6.08. The van der Waals surface area contributed by atoms with Gasteiger partial charge in [0.05, 0.1) is 0 Å². The second-order valence-electron chi connectivity index (χ2n) is 4.77. The number of rotatable bonds is 0. The van der Waals surface area contributed by atoms with Crippen LogP contribution in [0.25, 0.3) is 11.1 Å². The highest BCUT2D eigenvalue weighted by molar-refractivity contribution is 6.30. The van der Waals surface area contributed by atoms with Gasteiger partial charge in [-0.2, -0.15) is 0 Å². The van der Waals surface area contributed by atoms with Gasteiger partial charge in [-0.05, 0) is 40.5 Å². The van der Waals surface area contributed by atoms with Crippen LogP contribution in [0.5, 0.6) is 0 Å². The molecule has 1 heteroatoms. The van der Waals surface area contributed by atoms with Crippen LogP contribution >= 0.6 is 11.6 Å². The summed E-state index contributed by atoms with van der Waals surface area (Å²) in [4.78, 5) is 0. The van der Waals surface area contributed by atoms with E-state index in [1.807, 2.05) is 18.2 Å². The van der Waals surface area contributed by atoms with Gasteiger partial charge in [0.2, 0.25) is 0 Å². The van der Waals surface area contributed by atoms with E-state index in [0.717, 1.165) is 5.02 Å². The largest absolute Gasteiger partial charge is 0.0843 e. The molecule has 79 valence electrons. The normalized spacial score (nSPS) is 15.7. The summed E-state index contributed by atoms with van der Waals surface area (Å²) in [5.74, 6) is 0. The molecule has 0 unspecified atom stereocenters. The first-order valence-corrected chi connectivity index (χ1v) is 5.80. The van der Waals surface area contributed by atoms with Crippen LogP contribution in [0.3, 0.4) is 0 Å². The molecular weight excluding hydrogens is 216 g/mol. The Kier molecular flexibility index (Phi) is 1.93. The predicted octanol–water partition coefficient (Wildman–Crippen LogP) is 4.45. The van der Waals surface area contributed by atoms with Crippen LogP contribution in [0, 0.1) is 6.07 Å². The summed E-state index contributed by atoms with van der Waals surface area (Å²) in [7, 11) is 0. The average Bonchev–Trinajstić information content (AvgIpc) is 2.49. The van der Waals surface area contributed by atoms with Gasteiger partial charge in [-0.25, -0.2) is 0 Å². The molecule has 0 saturated carbocycles. The number of halogens is 1. The molecule has 1 aliphatic rings. The topological polar surface area (TPSA) is 0 Å². The minimum Gasteiger partial charge on any atom is -0.0843 e. The van der Waals surface area contributed by atoms with Crippen LogP contribution in [0.1, 0.15) is 25.0 Å². The first kappa shape index (κ1) is 9.92. The van der Waals surface area contributed by atoms with Crippen molar-refractivity contribution < 1.29 is 0 Å². The zero-order chi connectivity index (χ0) is 11.3. The number of fused-ring (bicyclic) bond motifs is 3. The zero-order valence-electron chi connectivity index (χ0n) is 9.34. The van der Waals surface area contributed by atoms with Crippen LogP contribution < -0.4 is 0 Å². The van der Waals surface area contributed by atoms with Crippen molar-refractivity contribution in [1.29, 1.82) is 0 Å². The fraction of sp³-hybridized carbons (Fsp3) is 0.200. The molecule has 2 aromatic rings. The molecule has 0 amide bonds. The first-order chi connectivity index (χ1) is 7.60. The molecule has 1 radical (unpaired) electrons. The summed E-state index contributed by atoms with van der Waals surface area (Å²) >= 11 is 6.08. The molecule has 0 bridgehead atoms. The fourth-order valence-electron chi connectivity index (χ4n) is 2.58. The minimum absolute atomic E-state index is 0.0350. The van der Waals surface area contributed by atoms with Crippen molar-refractivity contribution in [2.45, 2.75) is 19.3 Å². The Bertz CT molecular complexity index is 567. The van der Waals surface area contributed by atoms with Crippen molar-refractivity contribution in [2.75, 3.05) is 0 Å². The second kappa shape index (κ2) is 3.11. The Hall–Kier alpha value is -1.27. The Labute approximate surface area is 101 Å². The third-order valence-corrected chi connectivity index (χ3v) is 3.69. The monoisotopic (exact) mass is 227 g/mol. The molecule has 0 N–H and O–H groups in total. The van der Waals surface area contributed by atoms with Crippen molar-refractivity contribution >= 4 is 11.6 Å². The van der Waals surface area contributed by atoms with Crippen LogP contribution in [-0.2, 0) is 5.41 Å². The highest BCUT2D eigenvalue weighted by Gasteiger charge is 2.35. The van der Waals surface area contributed by atoms with E-state index in [4.69, 9.17) is 11.6 Å². The van der Waals surface area contributed by atoms with E-state index < -0.39 is 0 Å². The molecule has 0 aliphatic heterocycles. The lowest BCUT2D eigenvalue weighted by Crippen LogP contribution is -2.14. The molecule has 0 heterocycles. The van der Waals surface area contributed by atoms with Crippen molar-refractivity contribution in [3.63, 3.8) is 0 Å². The number of hydrogen-bond donors (Lipinski definition) is 0. The summed E-state index contributed by atoms with van der Waals surface area (Å²) in [5, 5.41) is 0.805. The molecule has 2 aromatic carbocycles. The molecule has 0 atom stereocenters. The van der Waals surface area contributed by atoms with E-state index in [1.54, 1.807) is 0 Å².